The summed E-state index contributed by atoms with van der Waals surface area (Å²) in [5.41, 5.74) is 0. The smallest absolute Gasteiger partial charge is 0.123 e. The van der Waals surface area contributed by atoms with Gasteiger partial charge in [-0.2, -0.15) is 0 Å². The molecule has 0 spiro atoms. The van der Waals surface area contributed by atoms with Crippen molar-refractivity contribution < 1.29 is 4.79 Å². The summed E-state index contributed by atoms with van der Waals surface area (Å²) in [5.74, 6) is 0. The molecule has 0 radical (unpaired) electrons. The Balaban J connectivity index is 2.33. The molecule has 1 fully saturated rings. The highest BCUT2D eigenvalue weighted by molar-refractivity contribution is 5.51. The Labute approximate surface area is 74.2 Å². The predicted molar refractivity (Wildman–Crippen MR) is 50.1 cm³/mol. The van der Waals surface area contributed by atoms with Crippen LogP contribution in [0.2, 0.25) is 0 Å². The molecule has 0 aromatic carbocycles. The lowest BCUT2D eigenvalue weighted by atomic mass is 10.0. The maximum Gasteiger partial charge on any atom is 0.123 e. The molecule has 0 amide bonds. The Hall–Kier alpha value is -0.630. The van der Waals surface area contributed by atoms with E-state index in [1.54, 1.807) is 0 Å². The van der Waals surface area contributed by atoms with E-state index in [1.807, 2.05) is 6.08 Å². The average Bonchev–Trinajstić information content (AvgIpc) is 2.09. The molecule has 1 aliphatic rings. The first-order chi connectivity index (χ1) is 5.84. The largest absolute Gasteiger partial charge is 0.303 e. The van der Waals surface area contributed by atoms with Crippen LogP contribution >= 0.6 is 0 Å². The van der Waals surface area contributed by atoms with Crippen LogP contribution in [0.25, 0.3) is 0 Å². The summed E-state index contributed by atoms with van der Waals surface area (Å²) in [6, 6.07) is 0.568. The number of likely N-dealkylation sites (N-methyl/N-ethyl adjacent to an activating group) is 1. The van der Waals surface area contributed by atoms with Gasteiger partial charge < -0.3 is 4.79 Å². The van der Waals surface area contributed by atoms with Gasteiger partial charge in [0.1, 0.15) is 6.29 Å². The number of rotatable bonds is 3. The molecule has 0 saturated carbocycles. The highest BCUT2D eigenvalue weighted by atomic mass is 16.1. The van der Waals surface area contributed by atoms with Gasteiger partial charge in [-0.05, 0) is 26.4 Å². The minimum absolute atomic E-state index is 0.560. The van der Waals surface area contributed by atoms with Crippen LogP contribution in [-0.2, 0) is 4.79 Å². The van der Waals surface area contributed by atoms with Crippen molar-refractivity contribution >= 4 is 6.29 Å². The standard InChI is InChI=1S/C10H17NO/c1-11-8-4-2-6-10(11)7-3-5-9-12/h3,7,9-10H,2,4-6,8H2,1H3/b7-3-. The molecule has 2 heteroatoms. The van der Waals surface area contributed by atoms with Crippen molar-refractivity contribution in [2.45, 2.75) is 31.7 Å². The number of hydrogen-bond acceptors (Lipinski definition) is 2. The number of aldehydes is 1. The third-order valence-corrected chi connectivity index (χ3v) is 2.42. The molecule has 2 nitrogen and oxygen atoms in total. The average molecular weight is 167 g/mol. The topological polar surface area (TPSA) is 20.3 Å². The summed E-state index contributed by atoms with van der Waals surface area (Å²) in [4.78, 5) is 12.4. The van der Waals surface area contributed by atoms with Crippen molar-refractivity contribution in [3.63, 3.8) is 0 Å². The number of likely N-dealkylation sites (tertiary alicyclic amines) is 1. The Bertz CT molecular complexity index is 165. The number of piperidine rings is 1. The van der Waals surface area contributed by atoms with Crippen LogP contribution in [0.4, 0.5) is 0 Å². The lowest BCUT2D eigenvalue weighted by Gasteiger charge is -2.30. The monoisotopic (exact) mass is 167 g/mol. The number of carbonyl (C=O) groups excluding carboxylic acids is 1. The first-order valence-corrected chi connectivity index (χ1v) is 4.65. The maximum atomic E-state index is 10.1. The second kappa shape index (κ2) is 5.09. The fourth-order valence-corrected chi connectivity index (χ4v) is 1.64. The molecule has 0 N–H and O–H groups in total. The molecule has 1 unspecified atom stereocenters. The summed E-state index contributed by atoms with van der Waals surface area (Å²) in [6.45, 7) is 1.19. The van der Waals surface area contributed by atoms with Crippen LogP contribution in [-0.4, -0.2) is 30.8 Å². The van der Waals surface area contributed by atoms with Crippen LogP contribution in [0.3, 0.4) is 0 Å². The SMILES string of the molecule is CN1CCCCC1/C=C\CC=O. The number of carbonyl (C=O) groups is 1. The zero-order valence-electron chi connectivity index (χ0n) is 7.70. The molecule has 1 rings (SSSR count). The van der Waals surface area contributed by atoms with Crippen molar-refractivity contribution in [3.05, 3.63) is 12.2 Å². The first kappa shape index (κ1) is 9.46. The van der Waals surface area contributed by atoms with E-state index in [2.05, 4.69) is 18.0 Å². The molecule has 68 valence electrons. The van der Waals surface area contributed by atoms with E-state index in [1.165, 1.54) is 25.8 Å². The zero-order valence-corrected chi connectivity index (χ0v) is 7.70. The second-order valence-electron chi connectivity index (χ2n) is 3.37. The van der Waals surface area contributed by atoms with Gasteiger partial charge in [-0.15, -0.1) is 0 Å². The molecule has 1 heterocycles. The second-order valence-corrected chi connectivity index (χ2v) is 3.37. The zero-order chi connectivity index (χ0) is 8.81. The Morgan fingerprint density at radius 2 is 2.33 bits per heavy atom. The normalized spacial score (nSPS) is 26.2. The molecule has 0 aliphatic carbocycles. The summed E-state index contributed by atoms with van der Waals surface area (Å²) in [7, 11) is 2.15. The van der Waals surface area contributed by atoms with E-state index in [0.29, 0.717) is 12.5 Å². The highest BCUT2D eigenvalue weighted by Gasteiger charge is 2.14. The van der Waals surface area contributed by atoms with Crippen molar-refractivity contribution in [2.75, 3.05) is 13.6 Å². The lowest BCUT2D eigenvalue weighted by Crippen LogP contribution is -2.34. The molecule has 12 heavy (non-hydrogen) atoms. The van der Waals surface area contributed by atoms with E-state index in [-0.39, 0.29) is 0 Å². The summed E-state index contributed by atoms with van der Waals surface area (Å²) in [6.07, 6.45) is 9.51. The van der Waals surface area contributed by atoms with Gasteiger partial charge in [-0.1, -0.05) is 18.6 Å². The van der Waals surface area contributed by atoms with E-state index in [4.69, 9.17) is 0 Å². The maximum absolute atomic E-state index is 10.1. The molecule has 1 saturated heterocycles. The molecule has 1 aliphatic heterocycles. The van der Waals surface area contributed by atoms with Gasteiger partial charge >= 0.3 is 0 Å². The molecule has 0 aromatic heterocycles. The summed E-state index contributed by atoms with van der Waals surface area (Å²) >= 11 is 0. The van der Waals surface area contributed by atoms with Gasteiger partial charge in [0.25, 0.3) is 0 Å². The molecule has 0 aromatic rings. The van der Waals surface area contributed by atoms with Crippen LogP contribution in [0.1, 0.15) is 25.7 Å². The fourth-order valence-electron chi connectivity index (χ4n) is 1.64. The Morgan fingerprint density at radius 3 is 3.00 bits per heavy atom. The van der Waals surface area contributed by atoms with Crippen LogP contribution < -0.4 is 0 Å². The fraction of sp³-hybridized carbons (Fsp3) is 0.700. The summed E-state index contributed by atoms with van der Waals surface area (Å²) in [5, 5.41) is 0. The Morgan fingerprint density at radius 1 is 1.50 bits per heavy atom. The number of hydrogen-bond donors (Lipinski definition) is 0. The van der Waals surface area contributed by atoms with Gasteiger partial charge in [-0.25, -0.2) is 0 Å². The van der Waals surface area contributed by atoms with Crippen LogP contribution in [0, 0.1) is 0 Å². The lowest BCUT2D eigenvalue weighted by molar-refractivity contribution is -0.107. The number of nitrogens with zero attached hydrogens (tertiary/aromatic N) is 1. The minimum Gasteiger partial charge on any atom is -0.303 e. The number of allylic oxidation sites excluding steroid dienone is 1. The molecule has 1 atom stereocenters. The van der Waals surface area contributed by atoms with Gasteiger partial charge in [0, 0.05) is 12.5 Å². The quantitative estimate of drug-likeness (QED) is 0.470. The summed E-state index contributed by atoms with van der Waals surface area (Å²) < 4.78 is 0. The van der Waals surface area contributed by atoms with Crippen molar-refractivity contribution in [3.8, 4) is 0 Å². The molecular formula is C10H17NO. The molecular weight excluding hydrogens is 150 g/mol. The third kappa shape index (κ3) is 2.78. The van der Waals surface area contributed by atoms with Gasteiger partial charge in [0.05, 0.1) is 0 Å². The third-order valence-electron chi connectivity index (χ3n) is 2.42. The Kier molecular flexibility index (Phi) is 4.01. The van der Waals surface area contributed by atoms with E-state index in [0.717, 1.165) is 6.29 Å². The van der Waals surface area contributed by atoms with Gasteiger partial charge in [-0.3, -0.25) is 4.90 Å². The minimum atomic E-state index is 0.560. The van der Waals surface area contributed by atoms with E-state index >= 15 is 0 Å². The van der Waals surface area contributed by atoms with E-state index < -0.39 is 0 Å². The van der Waals surface area contributed by atoms with Crippen LogP contribution in [0.15, 0.2) is 12.2 Å². The molecule has 0 bridgehead atoms. The first-order valence-electron chi connectivity index (χ1n) is 4.65. The van der Waals surface area contributed by atoms with Gasteiger partial charge in [0.2, 0.25) is 0 Å². The van der Waals surface area contributed by atoms with Gasteiger partial charge in [0.15, 0.2) is 0 Å². The van der Waals surface area contributed by atoms with Crippen LogP contribution in [0.5, 0.6) is 0 Å². The predicted octanol–water partition coefficient (Wildman–Crippen LogP) is 1.62. The van der Waals surface area contributed by atoms with Crippen molar-refractivity contribution in [2.24, 2.45) is 0 Å². The highest BCUT2D eigenvalue weighted by Crippen LogP contribution is 2.15. The van der Waals surface area contributed by atoms with Crippen molar-refractivity contribution in [1.29, 1.82) is 0 Å². The van der Waals surface area contributed by atoms with E-state index in [9.17, 15) is 4.79 Å². The van der Waals surface area contributed by atoms with Crippen molar-refractivity contribution in [1.82, 2.24) is 4.90 Å².